The van der Waals surface area contributed by atoms with Gasteiger partial charge in [0.05, 0.1) is 11.1 Å². The lowest BCUT2D eigenvalue weighted by atomic mass is 10.0. The number of likely N-dealkylation sites (N-methyl/N-ethyl adjacent to an activating group) is 1. The number of rotatable bonds is 5. The topological polar surface area (TPSA) is 113 Å². The summed E-state index contributed by atoms with van der Waals surface area (Å²) >= 11 is 0. The standard InChI is InChI=1S/C18H19N3O6/c1-10(19-2)18(26)27-9-20-14(22)8-7-13(17(20)25)21-15(23)11-5-3-4-6-12(11)16(21)24/h3-6,10,13,19H,7-9H2,1-2H3. The lowest BCUT2D eigenvalue weighted by molar-refractivity contribution is -0.164. The lowest BCUT2D eigenvalue weighted by Crippen LogP contribution is -2.56. The van der Waals surface area contributed by atoms with E-state index in [2.05, 4.69) is 5.32 Å². The fourth-order valence-corrected chi connectivity index (χ4v) is 3.06. The van der Waals surface area contributed by atoms with Crippen LogP contribution in [-0.2, 0) is 19.1 Å². The van der Waals surface area contributed by atoms with E-state index in [0.29, 0.717) is 0 Å². The number of carbonyl (C=O) groups excluding carboxylic acids is 5. The quantitative estimate of drug-likeness (QED) is 0.567. The Balaban J connectivity index is 1.77. The Morgan fingerprint density at radius 1 is 1.19 bits per heavy atom. The van der Waals surface area contributed by atoms with E-state index in [0.717, 1.165) is 9.80 Å². The first kappa shape index (κ1) is 18.7. The van der Waals surface area contributed by atoms with Gasteiger partial charge in [-0.3, -0.25) is 28.9 Å². The lowest BCUT2D eigenvalue weighted by Gasteiger charge is -2.34. The van der Waals surface area contributed by atoms with Crippen molar-refractivity contribution in [3.63, 3.8) is 0 Å². The van der Waals surface area contributed by atoms with Crippen LogP contribution in [0.4, 0.5) is 0 Å². The van der Waals surface area contributed by atoms with Gasteiger partial charge < -0.3 is 10.1 Å². The second kappa shape index (κ2) is 7.28. The van der Waals surface area contributed by atoms with Crippen molar-refractivity contribution in [1.82, 2.24) is 15.1 Å². The van der Waals surface area contributed by atoms with Crippen LogP contribution in [0, 0.1) is 0 Å². The average molecular weight is 373 g/mol. The average Bonchev–Trinajstić information content (AvgIpc) is 2.92. The third-order valence-corrected chi connectivity index (χ3v) is 4.74. The Hall–Kier alpha value is -3.07. The Kier molecular flexibility index (Phi) is 5.04. The number of hydrogen-bond acceptors (Lipinski definition) is 7. The highest BCUT2D eigenvalue weighted by Gasteiger charge is 2.47. The predicted octanol–water partition coefficient (Wildman–Crippen LogP) is -0.0912. The number of carbonyl (C=O) groups is 5. The molecular formula is C18H19N3O6. The minimum atomic E-state index is -1.10. The second-order valence-corrected chi connectivity index (χ2v) is 6.34. The van der Waals surface area contributed by atoms with E-state index >= 15 is 0 Å². The van der Waals surface area contributed by atoms with Crippen LogP contribution in [-0.4, -0.2) is 65.3 Å². The molecule has 3 rings (SSSR count). The molecule has 1 aromatic rings. The smallest absolute Gasteiger partial charge is 0.324 e. The van der Waals surface area contributed by atoms with E-state index < -0.39 is 48.4 Å². The van der Waals surface area contributed by atoms with Gasteiger partial charge in [0.1, 0.15) is 12.1 Å². The van der Waals surface area contributed by atoms with Crippen molar-refractivity contribution >= 4 is 29.6 Å². The van der Waals surface area contributed by atoms with Crippen LogP contribution in [0.25, 0.3) is 0 Å². The van der Waals surface area contributed by atoms with Crippen LogP contribution >= 0.6 is 0 Å². The zero-order valence-electron chi connectivity index (χ0n) is 14.9. The first-order valence-corrected chi connectivity index (χ1v) is 8.51. The van der Waals surface area contributed by atoms with Crippen LogP contribution in [0.5, 0.6) is 0 Å². The summed E-state index contributed by atoms with van der Waals surface area (Å²) in [5.74, 6) is -3.00. The molecule has 2 aliphatic rings. The first-order valence-electron chi connectivity index (χ1n) is 8.51. The minimum Gasteiger partial charge on any atom is -0.443 e. The van der Waals surface area contributed by atoms with Gasteiger partial charge in [-0.25, -0.2) is 4.90 Å². The van der Waals surface area contributed by atoms with Crippen molar-refractivity contribution in [2.75, 3.05) is 13.8 Å². The molecule has 2 aliphatic heterocycles. The molecule has 9 nitrogen and oxygen atoms in total. The molecule has 0 aliphatic carbocycles. The highest BCUT2D eigenvalue weighted by molar-refractivity contribution is 6.23. The van der Waals surface area contributed by atoms with Gasteiger partial charge in [0, 0.05) is 6.42 Å². The molecule has 9 heteroatoms. The van der Waals surface area contributed by atoms with E-state index in [9.17, 15) is 24.0 Å². The van der Waals surface area contributed by atoms with Gasteiger partial charge in [0.25, 0.3) is 17.7 Å². The number of nitrogens with one attached hydrogen (secondary N) is 1. The number of benzene rings is 1. The maximum Gasteiger partial charge on any atom is 0.324 e. The third kappa shape index (κ3) is 3.21. The molecule has 2 unspecified atom stereocenters. The molecule has 27 heavy (non-hydrogen) atoms. The summed E-state index contributed by atoms with van der Waals surface area (Å²) in [5, 5.41) is 2.69. The van der Waals surface area contributed by atoms with Gasteiger partial charge in [-0.2, -0.15) is 0 Å². The van der Waals surface area contributed by atoms with Crippen molar-refractivity contribution in [3.05, 3.63) is 35.4 Å². The number of imide groups is 2. The number of hydrogen-bond donors (Lipinski definition) is 1. The number of esters is 1. The van der Waals surface area contributed by atoms with E-state index in [1.54, 1.807) is 26.1 Å². The summed E-state index contributed by atoms with van der Waals surface area (Å²) in [4.78, 5) is 63.5. The van der Waals surface area contributed by atoms with Crippen molar-refractivity contribution in [3.8, 4) is 0 Å². The van der Waals surface area contributed by atoms with Crippen molar-refractivity contribution < 1.29 is 28.7 Å². The molecular weight excluding hydrogens is 354 g/mol. The van der Waals surface area contributed by atoms with Crippen LogP contribution in [0.15, 0.2) is 24.3 Å². The molecule has 2 atom stereocenters. The summed E-state index contributed by atoms with van der Waals surface area (Å²) in [6.45, 7) is 1.02. The van der Waals surface area contributed by atoms with Gasteiger partial charge >= 0.3 is 5.97 Å². The number of amides is 4. The molecule has 142 valence electrons. The molecule has 0 bridgehead atoms. The summed E-state index contributed by atoms with van der Waals surface area (Å²) in [6, 6.07) is 4.60. The molecule has 0 aromatic heterocycles. The van der Waals surface area contributed by atoms with Crippen LogP contribution in [0.2, 0.25) is 0 Å². The zero-order valence-corrected chi connectivity index (χ0v) is 14.9. The summed E-state index contributed by atoms with van der Waals surface area (Å²) in [5.41, 5.74) is 0.459. The molecule has 1 saturated heterocycles. The van der Waals surface area contributed by atoms with Gasteiger partial charge in [-0.1, -0.05) is 12.1 Å². The molecule has 0 saturated carbocycles. The normalized spacial score (nSPS) is 20.7. The summed E-state index contributed by atoms with van der Waals surface area (Å²) < 4.78 is 5.00. The number of ether oxygens (including phenoxy) is 1. The Morgan fingerprint density at radius 3 is 2.33 bits per heavy atom. The molecule has 1 N–H and O–H groups in total. The maximum atomic E-state index is 12.8. The van der Waals surface area contributed by atoms with Crippen LogP contribution < -0.4 is 5.32 Å². The van der Waals surface area contributed by atoms with Crippen molar-refractivity contribution in [2.24, 2.45) is 0 Å². The molecule has 1 aromatic carbocycles. The SMILES string of the molecule is CNC(C)C(=O)OCN1C(=O)CCC(N2C(=O)c3ccccc3C2=O)C1=O. The second-order valence-electron chi connectivity index (χ2n) is 6.34. The summed E-state index contributed by atoms with van der Waals surface area (Å²) in [7, 11) is 1.57. The minimum absolute atomic E-state index is 0.0387. The van der Waals surface area contributed by atoms with Crippen molar-refractivity contribution in [2.45, 2.75) is 31.8 Å². The summed E-state index contributed by atoms with van der Waals surface area (Å²) in [6.07, 6.45) is 0.00342. The predicted molar refractivity (Wildman–Crippen MR) is 91.3 cm³/mol. The van der Waals surface area contributed by atoms with Gasteiger partial charge in [-0.15, -0.1) is 0 Å². The van der Waals surface area contributed by atoms with Crippen LogP contribution in [0.1, 0.15) is 40.5 Å². The number of fused-ring (bicyclic) bond motifs is 1. The maximum absolute atomic E-state index is 12.8. The number of nitrogens with zero attached hydrogens (tertiary/aromatic N) is 2. The molecule has 2 heterocycles. The Morgan fingerprint density at radius 2 is 1.78 bits per heavy atom. The van der Waals surface area contributed by atoms with Gasteiger partial charge in [-0.05, 0) is 32.5 Å². The Bertz CT molecular complexity index is 801. The third-order valence-electron chi connectivity index (χ3n) is 4.74. The first-order chi connectivity index (χ1) is 12.9. The monoisotopic (exact) mass is 373 g/mol. The molecule has 1 fully saturated rings. The molecule has 4 amide bonds. The van der Waals surface area contributed by atoms with E-state index in [-0.39, 0.29) is 24.0 Å². The highest BCUT2D eigenvalue weighted by atomic mass is 16.5. The number of likely N-dealkylation sites (tertiary alicyclic amines) is 1. The van der Waals surface area contributed by atoms with Gasteiger partial charge in [0.2, 0.25) is 5.91 Å². The van der Waals surface area contributed by atoms with E-state index in [1.165, 1.54) is 12.1 Å². The fourth-order valence-electron chi connectivity index (χ4n) is 3.06. The van der Waals surface area contributed by atoms with E-state index in [4.69, 9.17) is 4.74 Å². The Labute approximate surface area is 155 Å². The zero-order chi connectivity index (χ0) is 19.7. The van der Waals surface area contributed by atoms with E-state index in [1.807, 2.05) is 0 Å². The molecule has 0 radical (unpaired) electrons. The highest BCUT2D eigenvalue weighted by Crippen LogP contribution is 2.28. The van der Waals surface area contributed by atoms with Gasteiger partial charge in [0.15, 0.2) is 6.73 Å². The molecule has 0 spiro atoms. The number of piperidine rings is 1. The van der Waals surface area contributed by atoms with Crippen LogP contribution in [0.3, 0.4) is 0 Å². The van der Waals surface area contributed by atoms with Crippen molar-refractivity contribution in [1.29, 1.82) is 0 Å². The fraction of sp³-hybridized carbons (Fsp3) is 0.389. The largest absolute Gasteiger partial charge is 0.443 e.